The van der Waals surface area contributed by atoms with Crippen molar-refractivity contribution in [2.24, 2.45) is 0 Å². The predicted octanol–water partition coefficient (Wildman–Crippen LogP) is 5.46. The molecule has 0 saturated carbocycles. The van der Waals surface area contributed by atoms with Gasteiger partial charge in [0.2, 0.25) is 0 Å². The number of nitro benzene ring substituents is 1. The van der Waals surface area contributed by atoms with Crippen molar-refractivity contribution in [3.8, 4) is 22.1 Å². The molecule has 0 aliphatic heterocycles. The summed E-state index contributed by atoms with van der Waals surface area (Å²) in [7, 11) is 1.59. The molecule has 4 rings (SSSR count). The Bertz CT molecular complexity index is 1110. The van der Waals surface area contributed by atoms with Gasteiger partial charge in [0.1, 0.15) is 11.6 Å². The largest absolute Gasteiger partial charge is 0.493 e. The maximum atomic E-state index is 10.8. The molecule has 0 aliphatic rings. The van der Waals surface area contributed by atoms with Crippen LogP contribution in [0.5, 0.6) is 11.5 Å². The summed E-state index contributed by atoms with van der Waals surface area (Å²) in [6.45, 7) is 0.275. The van der Waals surface area contributed by atoms with E-state index in [1.165, 1.54) is 12.1 Å². The van der Waals surface area contributed by atoms with E-state index in [2.05, 4.69) is 4.98 Å². The lowest BCUT2D eigenvalue weighted by molar-refractivity contribution is -0.384. The second-order valence-electron chi connectivity index (χ2n) is 6.06. The van der Waals surface area contributed by atoms with Gasteiger partial charge in [0.25, 0.3) is 5.69 Å². The highest BCUT2D eigenvalue weighted by Gasteiger charge is 2.12. The summed E-state index contributed by atoms with van der Waals surface area (Å²) in [6, 6.07) is 20.0. The quantitative estimate of drug-likeness (QED) is 0.322. The van der Waals surface area contributed by atoms with Gasteiger partial charge in [-0.15, -0.1) is 11.3 Å². The second-order valence-corrected chi connectivity index (χ2v) is 7.10. The number of methoxy groups -OCH3 is 1. The molecule has 0 spiro atoms. The van der Waals surface area contributed by atoms with Crippen LogP contribution in [0.1, 0.15) is 5.56 Å². The molecule has 6 nitrogen and oxygen atoms in total. The molecule has 0 amide bonds. The number of benzene rings is 3. The molecule has 0 aliphatic carbocycles. The minimum atomic E-state index is -0.421. The Kier molecular flexibility index (Phi) is 4.90. The van der Waals surface area contributed by atoms with Gasteiger partial charge >= 0.3 is 0 Å². The van der Waals surface area contributed by atoms with Gasteiger partial charge in [-0.05, 0) is 48.0 Å². The van der Waals surface area contributed by atoms with E-state index in [-0.39, 0.29) is 12.3 Å². The molecule has 3 aromatic carbocycles. The monoisotopic (exact) mass is 392 g/mol. The van der Waals surface area contributed by atoms with Crippen LogP contribution in [0.4, 0.5) is 5.69 Å². The minimum Gasteiger partial charge on any atom is -0.493 e. The van der Waals surface area contributed by atoms with Gasteiger partial charge in [-0.1, -0.05) is 12.1 Å². The van der Waals surface area contributed by atoms with Crippen LogP contribution in [0.3, 0.4) is 0 Å². The van der Waals surface area contributed by atoms with E-state index in [1.54, 1.807) is 30.6 Å². The second kappa shape index (κ2) is 7.66. The number of fused-ring (bicyclic) bond motifs is 1. The molecule has 0 fully saturated rings. The van der Waals surface area contributed by atoms with E-state index in [0.29, 0.717) is 11.5 Å². The number of thiazole rings is 1. The first-order valence-electron chi connectivity index (χ1n) is 8.54. The number of hydrogen-bond acceptors (Lipinski definition) is 6. The summed E-state index contributed by atoms with van der Waals surface area (Å²) in [5, 5.41) is 11.7. The SMILES string of the molecule is COc1ccc(-c2nc3ccccc3s2)cc1OCc1ccc([N+](=O)[O-])cc1. The van der Waals surface area contributed by atoms with Crippen molar-refractivity contribution in [3.05, 3.63) is 82.4 Å². The first-order valence-corrected chi connectivity index (χ1v) is 9.36. The Balaban J connectivity index is 1.59. The van der Waals surface area contributed by atoms with Crippen LogP contribution in [0.15, 0.2) is 66.7 Å². The molecule has 0 unspecified atom stereocenters. The van der Waals surface area contributed by atoms with Crippen molar-refractivity contribution in [3.63, 3.8) is 0 Å². The topological polar surface area (TPSA) is 74.5 Å². The lowest BCUT2D eigenvalue weighted by Gasteiger charge is -2.12. The number of nitrogens with zero attached hydrogens (tertiary/aromatic N) is 2. The van der Waals surface area contributed by atoms with Gasteiger partial charge in [-0.3, -0.25) is 10.1 Å². The number of nitro groups is 1. The number of hydrogen-bond donors (Lipinski definition) is 0. The first-order chi connectivity index (χ1) is 13.6. The van der Waals surface area contributed by atoms with Crippen molar-refractivity contribution in [2.75, 3.05) is 7.11 Å². The highest BCUT2D eigenvalue weighted by Crippen LogP contribution is 2.36. The van der Waals surface area contributed by atoms with Crippen molar-refractivity contribution in [1.82, 2.24) is 4.98 Å². The zero-order valence-corrected chi connectivity index (χ0v) is 15.8. The standard InChI is InChI=1S/C21H16N2O4S/c1-26-18-11-8-15(21-22-17-4-2-3-5-20(17)28-21)12-19(18)27-13-14-6-9-16(10-7-14)23(24)25/h2-12H,13H2,1H3. The molecule has 0 bridgehead atoms. The average molecular weight is 392 g/mol. The zero-order chi connectivity index (χ0) is 19.5. The molecule has 0 radical (unpaired) electrons. The molecular formula is C21H16N2O4S. The summed E-state index contributed by atoms with van der Waals surface area (Å²) in [4.78, 5) is 15.0. The van der Waals surface area contributed by atoms with E-state index in [0.717, 1.165) is 26.4 Å². The van der Waals surface area contributed by atoms with Crippen LogP contribution in [-0.4, -0.2) is 17.0 Å². The molecule has 7 heteroatoms. The maximum absolute atomic E-state index is 10.8. The van der Waals surface area contributed by atoms with E-state index in [4.69, 9.17) is 9.47 Å². The molecule has 28 heavy (non-hydrogen) atoms. The highest BCUT2D eigenvalue weighted by molar-refractivity contribution is 7.21. The molecule has 0 N–H and O–H groups in total. The molecule has 0 atom stereocenters. The Hall–Kier alpha value is -3.45. The summed E-state index contributed by atoms with van der Waals surface area (Å²) < 4.78 is 12.5. The Morgan fingerprint density at radius 1 is 1.04 bits per heavy atom. The van der Waals surface area contributed by atoms with Gasteiger partial charge < -0.3 is 9.47 Å². The first kappa shape index (κ1) is 17.9. The third kappa shape index (κ3) is 3.65. The normalized spacial score (nSPS) is 10.8. The molecule has 140 valence electrons. The van der Waals surface area contributed by atoms with E-state index in [1.807, 2.05) is 42.5 Å². The Morgan fingerprint density at radius 3 is 2.54 bits per heavy atom. The van der Waals surface area contributed by atoms with Crippen LogP contribution in [0.2, 0.25) is 0 Å². The van der Waals surface area contributed by atoms with Crippen molar-refractivity contribution >= 4 is 27.2 Å². The van der Waals surface area contributed by atoms with E-state index < -0.39 is 4.92 Å². The summed E-state index contributed by atoms with van der Waals surface area (Å²) in [5.41, 5.74) is 2.80. The number of ether oxygens (including phenoxy) is 2. The lowest BCUT2D eigenvalue weighted by Crippen LogP contribution is -1.98. The Labute approximate surface area is 165 Å². The summed E-state index contributed by atoms with van der Waals surface area (Å²) in [5.74, 6) is 1.21. The fourth-order valence-corrected chi connectivity index (χ4v) is 3.76. The number of rotatable bonds is 6. The van der Waals surface area contributed by atoms with Crippen LogP contribution >= 0.6 is 11.3 Å². The number of aromatic nitrogens is 1. The molecule has 0 saturated heterocycles. The van der Waals surface area contributed by atoms with Crippen LogP contribution in [0.25, 0.3) is 20.8 Å². The van der Waals surface area contributed by atoms with Gasteiger partial charge in [0.05, 0.1) is 22.2 Å². The smallest absolute Gasteiger partial charge is 0.269 e. The highest BCUT2D eigenvalue weighted by atomic mass is 32.1. The van der Waals surface area contributed by atoms with Crippen molar-refractivity contribution in [1.29, 1.82) is 0 Å². The molecule has 1 aromatic heterocycles. The average Bonchev–Trinajstić information content (AvgIpc) is 3.16. The van der Waals surface area contributed by atoms with Gasteiger partial charge in [0.15, 0.2) is 11.5 Å². The van der Waals surface area contributed by atoms with E-state index in [9.17, 15) is 10.1 Å². The maximum Gasteiger partial charge on any atom is 0.269 e. The number of para-hydroxylation sites is 1. The zero-order valence-electron chi connectivity index (χ0n) is 15.0. The van der Waals surface area contributed by atoms with Crippen molar-refractivity contribution in [2.45, 2.75) is 6.61 Å². The lowest BCUT2D eigenvalue weighted by atomic mass is 10.2. The van der Waals surface area contributed by atoms with Gasteiger partial charge in [-0.2, -0.15) is 0 Å². The van der Waals surface area contributed by atoms with Crippen molar-refractivity contribution < 1.29 is 14.4 Å². The van der Waals surface area contributed by atoms with Gasteiger partial charge in [0, 0.05) is 17.7 Å². The fourth-order valence-electron chi connectivity index (χ4n) is 2.79. The molecule has 1 heterocycles. The van der Waals surface area contributed by atoms with E-state index >= 15 is 0 Å². The third-order valence-corrected chi connectivity index (χ3v) is 5.33. The minimum absolute atomic E-state index is 0.0548. The predicted molar refractivity (Wildman–Crippen MR) is 109 cm³/mol. The van der Waals surface area contributed by atoms with Crippen LogP contribution < -0.4 is 9.47 Å². The molecular weight excluding hydrogens is 376 g/mol. The third-order valence-electron chi connectivity index (χ3n) is 4.25. The summed E-state index contributed by atoms with van der Waals surface area (Å²) in [6.07, 6.45) is 0. The Morgan fingerprint density at radius 2 is 1.82 bits per heavy atom. The van der Waals surface area contributed by atoms with Gasteiger partial charge in [-0.25, -0.2) is 4.98 Å². The molecule has 4 aromatic rings. The van der Waals surface area contributed by atoms with Crippen LogP contribution in [-0.2, 0) is 6.61 Å². The van der Waals surface area contributed by atoms with Crippen LogP contribution in [0, 0.1) is 10.1 Å². The fraction of sp³-hybridized carbons (Fsp3) is 0.0952. The number of non-ortho nitro benzene ring substituents is 1. The summed E-state index contributed by atoms with van der Waals surface area (Å²) >= 11 is 1.62.